The molecule has 0 amide bonds. The highest BCUT2D eigenvalue weighted by Gasteiger charge is 2.08. The first-order valence-electron chi connectivity index (χ1n) is 10.2. The van der Waals surface area contributed by atoms with Crippen LogP contribution in [0.15, 0.2) is 65.9 Å². The quantitative estimate of drug-likeness (QED) is 0.437. The van der Waals surface area contributed by atoms with Crippen LogP contribution in [0.3, 0.4) is 0 Å². The van der Waals surface area contributed by atoms with Crippen molar-refractivity contribution in [3.05, 3.63) is 77.9 Å². The number of hydrogen-bond donors (Lipinski definition) is 1. The molecule has 0 fully saturated rings. The number of nitrogens with one attached hydrogen (secondary N) is 1. The van der Waals surface area contributed by atoms with E-state index in [1.54, 1.807) is 13.4 Å². The minimum atomic E-state index is 0.596. The lowest BCUT2D eigenvalue weighted by Crippen LogP contribution is -2.40. The molecule has 1 heterocycles. The number of methoxy groups -OCH3 is 1. The van der Waals surface area contributed by atoms with Crippen molar-refractivity contribution in [1.29, 1.82) is 0 Å². The van der Waals surface area contributed by atoms with E-state index in [9.17, 15) is 0 Å². The average Bonchev–Trinajstić information content (AvgIpc) is 3.24. The second-order valence-corrected chi connectivity index (χ2v) is 7.05. The lowest BCUT2D eigenvalue weighted by atomic mass is 10.2. The second-order valence-electron chi connectivity index (χ2n) is 7.05. The molecule has 0 aliphatic rings. The number of benzene rings is 2. The van der Waals surface area contributed by atoms with Gasteiger partial charge in [0.15, 0.2) is 5.96 Å². The summed E-state index contributed by atoms with van der Waals surface area (Å²) in [5.41, 5.74) is 2.38. The van der Waals surface area contributed by atoms with Gasteiger partial charge in [0.05, 0.1) is 13.7 Å². The molecule has 7 nitrogen and oxygen atoms in total. The van der Waals surface area contributed by atoms with Gasteiger partial charge in [0.1, 0.15) is 17.9 Å². The molecule has 0 spiro atoms. The third kappa shape index (κ3) is 6.07. The maximum Gasteiger partial charge on any atom is 0.194 e. The summed E-state index contributed by atoms with van der Waals surface area (Å²) in [6.45, 7) is 4.99. The van der Waals surface area contributed by atoms with Crippen LogP contribution in [0.5, 0.6) is 5.75 Å². The van der Waals surface area contributed by atoms with Crippen LogP contribution in [0.2, 0.25) is 0 Å². The first-order valence-corrected chi connectivity index (χ1v) is 10.2. The molecule has 3 aromatic rings. The first kappa shape index (κ1) is 21.4. The third-order valence-corrected chi connectivity index (χ3v) is 4.84. The van der Waals surface area contributed by atoms with Crippen LogP contribution in [-0.2, 0) is 26.1 Å². The fourth-order valence-corrected chi connectivity index (χ4v) is 3.17. The van der Waals surface area contributed by atoms with Gasteiger partial charge in [-0.15, -0.1) is 10.2 Å². The molecule has 1 aromatic heterocycles. The molecule has 1 N–H and O–H groups in total. The van der Waals surface area contributed by atoms with Crippen molar-refractivity contribution in [2.24, 2.45) is 4.99 Å². The van der Waals surface area contributed by atoms with Crippen molar-refractivity contribution in [3.63, 3.8) is 0 Å². The number of aromatic nitrogens is 3. The van der Waals surface area contributed by atoms with Crippen LogP contribution in [0.25, 0.3) is 0 Å². The molecule has 7 heteroatoms. The van der Waals surface area contributed by atoms with Crippen LogP contribution in [0, 0.1) is 0 Å². The molecular weight excluding hydrogens is 376 g/mol. The Bertz CT molecular complexity index is 920. The Morgan fingerprint density at radius 3 is 2.57 bits per heavy atom. The summed E-state index contributed by atoms with van der Waals surface area (Å²) >= 11 is 0. The fourth-order valence-electron chi connectivity index (χ4n) is 3.17. The van der Waals surface area contributed by atoms with Gasteiger partial charge in [-0.3, -0.25) is 0 Å². The van der Waals surface area contributed by atoms with E-state index in [-0.39, 0.29) is 0 Å². The maximum absolute atomic E-state index is 5.24. The molecule has 3 rings (SSSR count). The normalized spacial score (nSPS) is 11.4. The summed E-state index contributed by atoms with van der Waals surface area (Å²) in [7, 11) is 3.73. The van der Waals surface area contributed by atoms with Gasteiger partial charge in [0, 0.05) is 33.1 Å². The van der Waals surface area contributed by atoms with Crippen molar-refractivity contribution >= 4 is 5.96 Å². The minimum absolute atomic E-state index is 0.596. The molecule has 0 saturated carbocycles. The van der Waals surface area contributed by atoms with E-state index < -0.39 is 0 Å². The van der Waals surface area contributed by atoms with E-state index in [1.807, 2.05) is 30.3 Å². The first-order chi connectivity index (χ1) is 14.7. The van der Waals surface area contributed by atoms with Crippen molar-refractivity contribution in [2.75, 3.05) is 20.7 Å². The standard InChI is InChI=1S/C23H30N6O/c1-4-22-27-26-18-29(22)15-14-24-23(28(2)17-20-8-6-5-7-9-20)25-16-19-10-12-21(30-3)13-11-19/h5-13,18H,4,14-17H2,1-3H3,(H,24,25). The molecule has 0 radical (unpaired) electrons. The maximum atomic E-state index is 5.24. The van der Waals surface area contributed by atoms with Gasteiger partial charge in [0.25, 0.3) is 0 Å². The molecule has 0 aliphatic carbocycles. The van der Waals surface area contributed by atoms with Gasteiger partial charge in [-0.05, 0) is 23.3 Å². The summed E-state index contributed by atoms with van der Waals surface area (Å²) in [4.78, 5) is 7.00. The summed E-state index contributed by atoms with van der Waals surface area (Å²) in [5, 5.41) is 11.7. The van der Waals surface area contributed by atoms with Crippen LogP contribution in [0.1, 0.15) is 23.9 Å². The Kier molecular flexibility index (Phi) is 7.83. The number of hydrogen-bond acceptors (Lipinski definition) is 4. The van der Waals surface area contributed by atoms with Crippen molar-refractivity contribution in [3.8, 4) is 5.75 Å². The van der Waals surface area contributed by atoms with E-state index >= 15 is 0 Å². The number of nitrogens with zero attached hydrogens (tertiary/aromatic N) is 5. The molecule has 0 atom stereocenters. The van der Waals surface area contributed by atoms with Crippen LogP contribution < -0.4 is 10.1 Å². The summed E-state index contributed by atoms with van der Waals surface area (Å²) < 4.78 is 7.31. The molecule has 0 saturated heterocycles. The van der Waals surface area contributed by atoms with Gasteiger partial charge in [0.2, 0.25) is 0 Å². The van der Waals surface area contributed by atoms with E-state index in [0.717, 1.165) is 49.2 Å². The van der Waals surface area contributed by atoms with Crippen molar-refractivity contribution in [2.45, 2.75) is 33.0 Å². The lowest BCUT2D eigenvalue weighted by Gasteiger charge is -2.23. The zero-order valence-corrected chi connectivity index (χ0v) is 18.0. The minimum Gasteiger partial charge on any atom is -0.497 e. The predicted octanol–water partition coefficient (Wildman–Crippen LogP) is 3.13. The summed E-state index contributed by atoms with van der Waals surface area (Å²) in [5.74, 6) is 2.70. The molecule has 158 valence electrons. The number of rotatable bonds is 9. The largest absolute Gasteiger partial charge is 0.497 e. The summed E-state index contributed by atoms with van der Waals surface area (Å²) in [6.07, 6.45) is 2.65. The smallest absolute Gasteiger partial charge is 0.194 e. The Hall–Kier alpha value is -3.35. The number of ether oxygens (including phenoxy) is 1. The average molecular weight is 407 g/mol. The Balaban J connectivity index is 1.67. The van der Waals surface area contributed by atoms with Crippen LogP contribution >= 0.6 is 0 Å². The van der Waals surface area contributed by atoms with E-state index in [4.69, 9.17) is 9.73 Å². The number of guanidine groups is 1. The van der Waals surface area contributed by atoms with E-state index in [1.165, 1.54) is 5.56 Å². The van der Waals surface area contributed by atoms with Crippen molar-refractivity contribution < 1.29 is 4.74 Å². The highest BCUT2D eigenvalue weighted by molar-refractivity contribution is 5.79. The molecule has 0 bridgehead atoms. The number of aryl methyl sites for hydroxylation is 1. The molecule has 0 unspecified atom stereocenters. The highest BCUT2D eigenvalue weighted by atomic mass is 16.5. The highest BCUT2D eigenvalue weighted by Crippen LogP contribution is 2.12. The van der Waals surface area contributed by atoms with Gasteiger partial charge < -0.3 is 19.5 Å². The Morgan fingerprint density at radius 2 is 1.87 bits per heavy atom. The van der Waals surface area contributed by atoms with Gasteiger partial charge in [-0.1, -0.05) is 49.4 Å². The fraction of sp³-hybridized carbons (Fsp3) is 0.348. The molecule has 0 aliphatic heterocycles. The Morgan fingerprint density at radius 1 is 1.10 bits per heavy atom. The van der Waals surface area contributed by atoms with E-state index in [0.29, 0.717) is 6.54 Å². The molecule has 30 heavy (non-hydrogen) atoms. The zero-order chi connectivity index (χ0) is 21.2. The Labute approximate surface area is 178 Å². The SMILES string of the molecule is CCc1nncn1CCNC(=NCc1ccc(OC)cc1)N(C)Cc1ccccc1. The van der Waals surface area contributed by atoms with Crippen molar-refractivity contribution in [1.82, 2.24) is 25.0 Å². The van der Waals surface area contributed by atoms with Gasteiger partial charge in [-0.25, -0.2) is 4.99 Å². The van der Waals surface area contributed by atoms with Gasteiger partial charge >= 0.3 is 0 Å². The zero-order valence-electron chi connectivity index (χ0n) is 18.0. The van der Waals surface area contributed by atoms with Crippen LogP contribution in [-0.4, -0.2) is 46.3 Å². The van der Waals surface area contributed by atoms with E-state index in [2.05, 4.69) is 63.2 Å². The summed E-state index contributed by atoms with van der Waals surface area (Å²) in [6, 6.07) is 18.4. The second kappa shape index (κ2) is 11.0. The molecule has 2 aromatic carbocycles. The molecular formula is C23H30N6O. The van der Waals surface area contributed by atoms with Crippen LogP contribution in [0.4, 0.5) is 0 Å². The predicted molar refractivity (Wildman–Crippen MR) is 119 cm³/mol. The topological polar surface area (TPSA) is 67.6 Å². The lowest BCUT2D eigenvalue weighted by molar-refractivity contribution is 0.414. The van der Waals surface area contributed by atoms with Gasteiger partial charge in [-0.2, -0.15) is 0 Å². The third-order valence-electron chi connectivity index (χ3n) is 4.84. The monoisotopic (exact) mass is 406 g/mol. The number of aliphatic imine (C=N–C) groups is 1.